The van der Waals surface area contributed by atoms with Crippen molar-refractivity contribution in [2.45, 2.75) is 27.7 Å². The van der Waals surface area contributed by atoms with E-state index in [1.807, 2.05) is 26.8 Å². The minimum absolute atomic E-state index is 0.742. The van der Waals surface area contributed by atoms with Gasteiger partial charge in [0, 0.05) is 6.54 Å². The minimum Gasteiger partial charge on any atom is -0.385 e. The van der Waals surface area contributed by atoms with Crippen molar-refractivity contribution in [3.05, 3.63) is 22.0 Å². The van der Waals surface area contributed by atoms with Crippen LogP contribution in [0.1, 0.15) is 27.7 Å². The van der Waals surface area contributed by atoms with Gasteiger partial charge in [-0.2, -0.15) is 0 Å². The van der Waals surface area contributed by atoms with Gasteiger partial charge < -0.3 is 11.1 Å². The third kappa shape index (κ3) is 11.1. The first-order chi connectivity index (χ1) is 6.49. The van der Waals surface area contributed by atoms with Gasteiger partial charge in [-0.25, -0.2) is 0 Å². The molecule has 0 atom stereocenters. The molecular formula is C11H19BrN2. The average molecular weight is 259 g/mol. The van der Waals surface area contributed by atoms with Crippen LogP contribution in [0.4, 0.5) is 0 Å². The molecule has 0 saturated carbocycles. The largest absolute Gasteiger partial charge is 0.385 e. The zero-order valence-corrected chi connectivity index (χ0v) is 10.9. The highest BCUT2D eigenvalue weighted by molar-refractivity contribution is 9.11. The lowest BCUT2D eigenvalue weighted by Crippen LogP contribution is -2.20. The van der Waals surface area contributed by atoms with E-state index in [9.17, 15) is 0 Å². The summed E-state index contributed by atoms with van der Waals surface area (Å²) in [6.45, 7) is 8.48. The molecule has 3 heteroatoms. The van der Waals surface area contributed by atoms with Crippen molar-refractivity contribution in [1.29, 1.82) is 0 Å². The summed E-state index contributed by atoms with van der Waals surface area (Å²) in [5.74, 6) is 2.99. The van der Waals surface area contributed by atoms with Crippen molar-refractivity contribution in [1.82, 2.24) is 5.32 Å². The molecule has 0 aromatic carbocycles. The molecule has 0 spiro atoms. The third-order valence-electron chi connectivity index (χ3n) is 1.21. The highest BCUT2D eigenvalue weighted by Crippen LogP contribution is 2.07. The summed E-state index contributed by atoms with van der Waals surface area (Å²) in [5.41, 5.74) is 6.74. The van der Waals surface area contributed by atoms with E-state index in [2.05, 4.69) is 33.6 Å². The fraction of sp³-hybridized carbons (Fsp3) is 0.455. The van der Waals surface area contributed by atoms with Gasteiger partial charge in [0.2, 0.25) is 0 Å². The molecule has 0 heterocycles. The quantitative estimate of drug-likeness (QED) is 0.604. The van der Waals surface area contributed by atoms with Crippen molar-refractivity contribution in [2.75, 3.05) is 6.54 Å². The second-order valence-electron chi connectivity index (χ2n) is 2.65. The lowest BCUT2D eigenvalue weighted by molar-refractivity contribution is 0.829. The number of rotatable bonds is 3. The Balaban J connectivity index is 0. The molecule has 0 radical (unpaired) electrons. The predicted octanol–water partition coefficient (Wildman–Crippen LogP) is 2.72. The lowest BCUT2D eigenvalue weighted by Gasteiger charge is -2.04. The van der Waals surface area contributed by atoms with E-state index in [-0.39, 0.29) is 0 Å². The maximum Gasteiger partial charge on any atom is 0.0990 e. The van der Waals surface area contributed by atoms with Crippen LogP contribution in [0.3, 0.4) is 0 Å². The molecule has 0 aromatic rings. The summed E-state index contributed by atoms with van der Waals surface area (Å²) in [7, 11) is 0. The van der Waals surface area contributed by atoms with E-state index in [1.54, 1.807) is 6.92 Å². The monoisotopic (exact) mass is 258 g/mol. The predicted molar refractivity (Wildman–Crippen MR) is 67.8 cm³/mol. The van der Waals surface area contributed by atoms with Gasteiger partial charge in [-0.3, -0.25) is 0 Å². The maximum atomic E-state index is 5.68. The molecule has 0 fully saturated rings. The number of halogens is 1. The topological polar surface area (TPSA) is 38.0 Å². The number of allylic oxidation sites excluding steroid dienone is 3. The molecule has 0 saturated heterocycles. The molecule has 80 valence electrons. The highest BCUT2D eigenvalue weighted by atomic mass is 79.9. The Morgan fingerprint density at radius 1 is 1.57 bits per heavy atom. The number of nitrogens with two attached hydrogens (primary N) is 1. The van der Waals surface area contributed by atoms with Gasteiger partial charge in [0.05, 0.1) is 5.82 Å². The van der Waals surface area contributed by atoms with Crippen molar-refractivity contribution in [3.8, 4) is 12.3 Å². The van der Waals surface area contributed by atoms with E-state index < -0.39 is 0 Å². The zero-order chi connectivity index (χ0) is 11.6. The average Bonchev–Trinajstić information content (AvgIpc) is 2.04. The Hall–Kier alpha value is -0.880. The minimum atomic E-state index is 0.742. The van der Waals surface area contributed by atoms with Crippen LogP contribution >= 0.6 is 15.9 Å². The summed E-state index contributed by atoms with van der Waals surface area (Å²) in [6.07, 6.45) is 6.58. The molecule has 14 heavy (non-hydrogen) atoms. The van der Waals surface area contributed by atoms with Gasteiger partial charge in [0.1, 0.15) is 0 Å². The Labute approximate surface area is 95.8 Å². The van der Waals surface area contributed by atoms with Gasteiger partial charge in [-0.1, -0.05) is 15.9 Å². The van der Waals surface area contributed by atoms with Gasteiger partial charge in [-0.15, -0.1) is 12.3 Å². The van der Waals surface area contributed by atoms with Crippen LogP contribution in [0.2, 0.25) is 0 Å². The fourth-order valence-corrected chi connectivity index (χ4v) is 1.05. The fourth-order valence-electron chi connectivity index (χ4n) is 0.706. The summed E-state index contributed by atoms with van der Waals surface area (Å²) < 4.78 is 1.08. The van der Waals surface area contributed by atoms with Crippen molar-refractivity contribution < 1.29 is 0 Å². The SMILES string of the molecule is C#CC.CCN/C(N)=C(C)/C=C(\C)Br. The molecule has 0 bridgehead atoms. The summed E-state index contributed by atoms with van der Waals surface area (Å²) >= 11 is 3.34. The van der Waals surface area contributed by atoms with Gasteiger partial charge in [0.15, 0.2) is 0 Å². The molecule has 3 N–H and O–H groups in total. The number of terminal acetylenes is 1. The van der Waals surface area contributed by atoms with Gasteiger partial charge in [-0.05, 0) is 43.8 Å². The number of nitrogens with one attached hydrogen (secondary N) is 1. The van der Waals surface area contributed by atoms with Crippen LogP contribution in [0, 0.1) is 12.3 Å². The molecular weight excluding hydrogens is 240 g/mol. The first-order valence-corrected chi connectivity index (χ1v) is 5.20. The Bertz CT molecular complexity index is 243. The molecule has 0 aliphatic heterocycles. The van der Waals surface area contributed by atoms with Crippen molar-refractivity contribution in [3.63, 3.8) is 0 Å². The summed E-state index contributed by atoms with van der Waals surface area (Å²) in [6, 6.07) is 0. The second-order valence-corrected chi connectivity index (χ2v) is 3.90. The van der Waals surface area contributed by atoms with Crippen LogP contribution < -0.4 is 11.1 Å². The second kappa shape index (κ2) is 10.2. The molecule has 0 unspecified atom stereocenters. The van der Waals surface area contributed by atoms with E-state index in [0.29, 0.717) is 0 Å². The maximum absolute atomic E-state index is 5.68. The lowest BCUT2D eigenvalue weighted by atomic mass is 10.3. The van der Waals surface area contributed by atoms with E-state index in [4.69, 9.17) is 5.73 Å². The molecule has 0 aliphatic carbocycles. The first kappa shape index (κ1) is 15.6. The summed E-state index contributed by atoms with van der Waals surface area (Å²) in [5, 5.41) is 3.04. The molecule has 0 aliphatic rings. The van der Waals surface area contributed by atoms with Gasteiger partial charge in [0.25, 0.3) is 0 Å². The van der Waals surface area contributed by atoms with E-state index in [1.165, 1.54) is 0 Å². The van der Waals surface area contributed by atoms with Crippen LogP contribution in [0.25, 0.3) is 0 Å². The van der Waals surface area contributed by atoms with Gasteiger partial charge >= 0.3 is 0 Å². The van der Waals surface area contributed by atoms with Crippen LogP contribution in [0.5, 0.6) is 0 Å². The Morgan fingerprint density at radius 2 is 2.00 bits per heavy atom. The van der Waals surface area contributed by atoms with E-state index in [0.717, 1.165) is 22.4 Å². The van der Waals surface area contributed by atoms with E-state index >= 15 is 0 Å². The molecule has 2 nitrogen and oxygen atoms in total. The molecule has 0 rings (SSSR count). The summed E-state index contributed by atoms with van der Waals surface area (Å²) in [4.78, 5) is 0. The number of hydrogen-bond donors (Lipinski definition) is 2. The smallest absolute Gasteiger partial charge is 0.0990 e. The van der Waals surface area contributed by atoms with Crippen molar-refractivity contribution >= 4 is 15.9 Å². The molecule has 0 amide bonds. The third-order valence-corrected chi connectivity index (χ3v) is 1.44. The standard InChI is InChI=1S/C8H15BrN2.C3H4/c1-4-11-8(10)6(2)5-7(3)9;1-3-2/h5,11H,4,10H2,1-3H3;1H,2H3/b7-5+,8-6+;. The van der Waals surface area contributed by atoms with Crippen LogP contribution in [0.15, 0.2) is 22.0 Å². The highest BCUT2D eigenvalue weighted by Gasteiger charge is 1.91. The first-order valence-electron chi connectivity index (χ1n) is 4.40. The Morgan fingerprint density at radius 3 is 2.29 bits per heavy atom. The van der Waals surface area contributed by atoms with Crippen LogP contribution in [-0.2, 0) is 0 Å². The zero-order valence-electron chi connectivity index (χ0n) is 9.32. The number of hydrogen-bond acceptors (Lipinski definition) is 2. The normalized spacial score (nSPS) is 11.9. The van der Waals surface area contributed by atoms with Crippen LogP contribution in [-0.4, -0.2) is 6.54 Å². The molecule has 0 aromatic heterocycles. The van der Waals surface area contributed by atoms with Crippen molar-refractivity contribution in [2.24, 2.45) is 5.73 Å². The Kier molecular flexibility index (Phi) is 11.4.